The zero-order chi connectivity index (χ0) is 25.3. The monoisotopic (exact) mass is 469 g/mol. The molecule has 3 N–H and O–H groups in total. The van der Waals surface area contributed by atoms with E-state index in [9.17, 15) is 9.59 Å². The van der Waals surface area contributed by atoms with Gasteiger partial charge in [0, 0.05) is 45.1 Å². The number of hydrogen-bond acceptors (Lipinski definition) is 5. The molecule has 34 heavy (non-hydrogen) atoms. The maximum atomic E-state index is 13.0. The summed E-state index contributed by atoms with van der Waals surface area (Å²) in [5.41, 5.74) is 2.13. The predicted octanol–water partition coefficient (Wildman–Crippen LogP) is 2.26. The number of amidine groups is 1. The molecule has 1 rings (SSSR count). The molecular formula is C26H39N5O3. The summed E-state index contributed by atoms with van der Waals surface area (Å²) in [5.74, 6) is 0.390. The van der Waals surface area contributed by atoms with Gasteiger partial charge in [0.05, 0.1) is 19.2 Å². The summed E-state index contributed by atoms with van der Waals surface area (Å²) in [7, 11) is 3.25. The van der Waals surface area contributed by atoms with Crippen LogP contribution in [0, 0.1) is 0 Å². The van der Waals surface area contributed by atoms with Crippen molar-refractivity contribution >= 4 is 17.6 Å². The Labute approximate surface area is 203 Å². The van der Waals surface area contributed by atoms with Crippen molar-refractivity contribution in [1.29, 1.82) is 0 Å². The summed E-state index contributed by atoms with van der Waals surface area (Å²) in [4.78, 5) is 30.9. The number of allylic oxidation sites excluding steroid dienone is 5. The molecule has 0 radical (unpaired) electrons. The van der Waals surface area contributed by atoms with Gasteiger partial charge in [-0.3, -0.25) is 19.5 Å². The van der Waals surface area contributed by atoms with Gasteiger partial charge in [-0.2, -0.15) is 0 Å². The molecule has 1 heterocycles. The molecule has 0 spiro atoms. The number of aliphatic imine (C=N–C) groups is 1. The van der Waals surface area contributed by atoms with Gasteiger partial charge in [-0.15, -0.1) is 0 Å². The Morgan fingerprint density at radius 3 is 2.68 bits per heavy atom. The second kappa shape index (κ2) is 16.4. The van der Waals surface area contributed by atoms with Crippen LogP contribution in [0.5, 0.6) is 0 Å². The molecule has 2 amide bonds. The molecule has 0 unspecified atom stereocenters. The third-order valence-electron chi connectivity index (χ3n) is 4.86. The summed E-state index contributed by atoms with van der Waals surface area (Å²) >= 11 is 0. The van der Waals surface area contributed by atoms with Crippen LogP contribution in [0.3, 0.4) is 0 Å². The van der Waals surface area contributed by atoms with Gasteiger partial charge in [0.2, 0.25) is 5.91 Å². The van der Waals surface area contributed by atoms with Gasteiger partial charge in [0.15, 0.2) is 0 Å². The molecule has 0 bridgehead atoms. The van der Waals surface area contributed by atoms with Crippen LogP contribution in [-0.4, -0.2) is 75.5 Å². The van der Waals surface area contributed by atoms with Crippen LogP contribution in [0.15, 0.2) is 77.0 Å². The Bertz CT molecular complexity index is 881. The number of nitrogens with one attached hydrogen (secondary N) is 3. The smallest absolute Gasteiger partial charge is 0.251 e. The van der Waals surface area contributed by atoms with Crippen LogP contribution >= 0.6 is 0 Å². The van der Waals surface area contributed by atoms with E-state index in [1.165, 1.54) is 0 Å². The molecule has 0 aromatic carbocycles. The molecule has 186 valence electrons. The van der Waals surface area contributed by atoms with E-state index in [1.54, 1.807) is 32.4 Å². The molecule has 1 aliphatic heterocycles. The Kier molecular flexibility index (Phi) is 13.9. The zero-order valence-corrected chi connectivity index (χ0v) is 21.1. The van der Waals surface area contributed by atoms with E-state index in [0.29, 0.717) is 37.6 Å². The van der Waals surface area contributed by atoms with E-state index in [-0.39, 0.29) is 17.9 Å². The first-order valence-corrected chi connectivity index (χ1v) is 11.4. The van der Waals surface area contributed by atoms with Crippen molar-refractivity contribution in [2.24, 2.45) is 4.99 Å². The molecule has 8 nitrogen and oxygen atoms in total. The Balaban J connectivity index is 2.85. The zero-order valence-electron chi connectivity index (χ0n) is 21.1. The van der Waals surface area contributed by atoms with Crippen molar-refractivity contribution in [3.05, 3.63) is 72.0 Å². The highest BCUT2D eigenvalue weighted by Crippen LogP contribution is 2.06. The Morgan fingerprint density at radius 2 is 2.06 bits per heavy atom. The number of hydrogen-bond donors (Lipinski definition) is 3. The summed E-state index contributed by atoms with van der Waals surface area (Å²) in [6, 6.07) is -0.355. The third kappa shape index (κ3) is 11.1. The second-order valence-electron chi connectivity index (χ2n) is 7.74. The summed E-state index contributed by atoms with van der Waals surface area (Å²) in [5, 5.41) is 9.06. The van der Waals surface area contributed by atoms with E-state index in [0.717, 1.165) is 17.8 Å². The number of carbonyl (C=O) groups is 2. The fraction of sp³-hybridized carbons (Fsp3) is 0.423. The van der Waals surface area contributed by atoms with E-state index in [1.807, 2.05) is 56.1 Å². The highest BCUT2D eigenvalue weighted by atomic mass is 16.5. The molecule has 1 saturated heterocycles. The topological polar surface area (TPSA) is 95.1 Å². The molecule has 0 aromatic heterocycles. The summed E-state index contributed by atoms with van der Waals surface area (Å²) < 4.78 is 5.13. The van der Waals surface area contributed by atoms with Crippen LogP contribution < -0.4 is 16.0 Å². The first kappa shape index (κ1) is 28.8. The Morgan fingerprint density at radius 1 is 1.29 bits per heavy atom. The maximum Gasteiger partial charge on any atom is 0.251 e. The number of carbonyl (C=O) groups excluding carboxylic acids is 2. The van der Waals surface area contributed by atoms with E-state index < -0.39 is 0 Å². The van der Waals surface area contributed by atoms with E-state index in [4.69, 9.17) is 4.74 Å². The standard InChI is InChI=1S/C26H39N5O3/c1-7-9-11-23(10-8-2)30-25(27-5)21(4)29-26(33)22(14-17-34-6)13-12-20(3)18-31-16-15-28-24(32)19-31/h7-14,21H,3,15-19H2,1-2,4-6H3,(H,27,30)(H,28,32)(H,29,33)/b9-7+,10-8-,13-12-,22-14+,23-11+/t21-/m0/s1. The van der Waals surface area contributed by atoms with Crippen LogP contribution in [0.4, 0.5) is 0 Å². The van der Waals surface area contributed by atoms with Crippen molar-refractivity contribution in [1.82, 2.24) is 20.9 Å². The highest BCUT2D eigenvalue weighted by Gasteiger charge is 2.17. The minimum Gasteiger partial charge on any atom is -0.381 e. The van der Waals surface area contributed by atoms with Crippen molar-refractivity contribution in [2.75, 3.05) is 46.9 Å². The number of methoxy groups -OCH3 is 1. The summed E-state index contributed by atoms with van der Waals surface area (Å²) in [6.45, 7) is 12.4. The van der Waals surface area contributed by atoms with Crippen molar-refractivity contribution < 1.29 is 14.3 Å². The number of piperazine rings is 1. The van der Waals surface area contributed by atoms with Crippen molar-refractivity contribution in [3.63, 3.8) is 0 Å². The quantitative estimate of drug-likeness (QED) is 0.176. The first-order chi connectivity index (χ1) is 16.3. The van der Waals surface area contributed by atoms with Gasteiger partial charge in [0.1, 0.15) is 5.84 Å². The minimum atomic E-state index is -0.355. The number of ether oxygens (including phenoxy) is 1. The van der Waals surface area contributed by atoms with Crippen LogP contribution in [-0.2, 0) is 14.3 Å². The van der Waals surface area contributed by atoms with Crippen molar-refractivity contribution in [2.45, 2.75) is 26.8 Å². The highest BCUT2D eigenvalue weighted by molar-refractivity contribution is 6.00. The van der Waals surface area contributed by atoms with Gasteiger partial charge in [0.25, 0.3) is 5.91 Å². The van der Waals surface area contributed by atoms with Gasteiger partial charge in [-0.1, -0.05) is 30.9 Å². The lowest BCUT2D eigenvalue weighted by molar-refractivity contribution is -0.124. The normalized spacial score (nSPS) is 17.4. The molecule has 1 fully saturated rings. The van der Waals surface area contributed by atoms with Gasteiger partial charge in [-0.05, 0) is 50.6 Å². The molecule has 0 aliphatic carbocycles. The predicted molar refractivity (Wildman–Crippen MR) is 139 cm³/mol. The van der Waals surface area contributed by atoms with Crippen LogP contribution in [0.1, 0.15) is 20.8 Å². The summed E-state index contributed by atoms with van der Waals surface area (Å²) in [6.07, 6.45) is 14.9. The number of amides is 2. The van der Waals surface area contributed by atoms with Gasteiger partial charge >= 0.3 is 0 Å². The lowest BCUT2D eigenvalue weighted by Crippen LogP contribution is -2.47. The molecule has 1 aliphatic rings. The maximum absolute atomic E-state index is 13.0. The average molecular weight is 470 g/mol. The molecule has 8 heteroatoms. The second-order valence-corrected chi connectivity index (χ2v) is 7.74. The lowest BCUT2D eigenvalue weighted by Gasteiger charge is -2.26. The number of nitrogens with zero attached hydrogens (tertiary/aromatic N) is 2. The largest absolute Gasteiger partial charge is 0.381 e. The number of rotatable bonds is 12. The molecule has 1 atom stereocenters. The Hall–Kier alpha value is -3.23. The molecular weight excluding hydrogens is 430 g/mol. The average Bonchev–Trinajstić information content (AvgIpc) is 2.80. The van der Waals surface area contributed by atoms with Crippen LogP contribution in [0.25, 0.3) is 0 Å². The molecule has 0 saturated carbocycles. The van der Waals surface area contributed by atoms with E-state index in [2.05, 4.69) is 27.5 Å². The van der Waals surface area contributed by atoms with Crippen molar-refractivity contribution in [3.8, 4) is 0 Å². The lowest BCUT2D eigenvalue weighted by atomic mass is 10.1. The molecule has 0 aromatic rings. The SMILES string of the molecule is C=C(/C=C\C(=C/COC)C(=O)N[C@@H](C)C(=NC)NC(/C=C\C)=C/C=C/C)CN1CCNC(=O)C1. The first-order valence-electron chi connectivity index (χ1n) is 11.4. The third-order valence-corrected chi connectivity index (χ3v) is 4.86. The van der Waals surface area contributed by atoms with E-state index >= 15 is 0 Å². The van der Waals surface area contributed by atoms with Gasteiger partial charge in [-0.25, -0.2) is 0 Å². The minimum absolute atomic E-state index is 0.0113. The van der Waals surface area contributed by atoms with Gasteiger partial charge < -0.3 is 20.7 Å². The fourth-order valence-corrected chi connectivity index (χ4v) is 3.16. The fourth-order valence-electron chi connectivity index (χ4n) is 3.16. The van der Waals surface area contributed by atoms with Crippen LogP contribution in [0.2, 0.25) is 0 Å².